The Morgan fingerprint density at radius 1 is 1.20 bits per heavy atom. The van der Waals surface area contributed by atoms with Crippen molar-refractivity contribution in [2.75, 3.05) is 12.8 Å². The first-order chi connectivity index (χ1) is 9.69. The maximum atomic E-state index is 9.85. The normalized spacial score (nSPS) is 13.8. The fourth-order valence-corrected chi connectivity index (χ4v) is 2.58. The van der Waals surface area contributed by atoms with Gasteiger partial charge in [-0.1, -0.05) is 0 Å². The Labute approximate surface area is 117 Å². The van der Waals surface area contributed by atoms with Crippen LogP contribution < -0.4 is 10.5 Å². The number of fused-ring (bicyclic) bond motifs is 1. The average Bonchev–Trinajstić information content (AvgIpc) is 2.47. The largest absolute Gasteiger partial charge is 0.504 e. The van der Waals surface area contributed by atoms with Crippen molar-refractivity contribution in [3.05, 3.63) is 29.5 Å². The van der Waals surface area contributed by atoms with Crippen LogP contribution in [0.4, 0.5) is 5.82 Å². The van der Waals surface area contributed by atoms with E-state index in [4.69, 9.17) is 10.5 Å². The van der Waals surface area contributed by atoms with Gasteiger partial charge in [0, 0.05) is 16.8 Å². The third kappa shape index (κ3) is 2.15. The van der Waals surface area contributed by atoms with Gasteiger partial charge in [0.25, 0.3) is 0 Å². The second-order valence-corrected chi connectivity index (χ2v) is 4.95. The maximum Gasteiger partial charge on any atom is 0.161 e. The molecule has 0 fully saturated rings. The Kier molecular flexibility index (Phi) is 3.18. The van der Waals surface area contributed by atoms with Gasteiger partial charge in [-0.3, -0.25) is 0 Å². The number of rotatable bonds is 2. The van der Waals surface area contributed by atoms with E-state index in [1.54, 1.807) is 12.1 Å². The Morgan fingerprint density at radius 3 is 2.75 bits per heavy atom. The first kappa shape index (κ1) is 12.7. The second-order valence-electron chi connectivity index (χ2n) is 4.95. The summed E-state index contributed by atoms with van der Waals surface area (Å²) in [6.07, 6.45) is 4.17. The number of nitrogens with two attached hydrogens (primary N) is 1. The van der Waals surface area contributed by atoms with E-state index in [1.807, 2.05) is 6.07 Å². The summed E-state index contributed by atoms with van der Waals surface area (Å²) in [5.41, 5.74) is 8.89. The van der Waals surface area contributed by atoms with Crippen LogP contribution in [0.5, 0.6) is 11.5 Å². The minimum atomic E-state index is 0.0740. The zero-order valence-electron chi connectivity index (χ0n) is 11.4. The molecule has 1 aromatic carbocycles. The van der Waals surface area contributed by atoms with Gasteiger partial charge in [0.1, 0.15) is 5.82 Å². The molecule has 1 aliphatic rings. The number of aromatic nitrogens is 2. The molecule has 1 heterocycles. The molecule has 0 radical (unpaired) electrons. The fraction of sp³-hybridized carbons (Fsp3) is 0.333. The predicted molar refractivity (Wildman–Crippen MR) is 76.7 cm³/mol. The van der Waals surface area contributed by atoms with Crippen molar-refractivity contribution in [1.29, 1.82) is 0 Å². The van der Waals surface area contributed by atoms with Gasteiger partial charge in [-0.05, 0) is 43.9 Å². The first-order valence-corrected chi connectivity index (χ1v) is 6.71. The number of benzene rings is 1. The Hall–Kier alpha value is -2.30. The Morgan fingerprint density at radius 2 is 2.00 bits per heavy atom. The highest BCUT2D eigenvalue weighted by Gasteiger charge is 2.17. The summed E-state index contributed by atoms with van der Waals surface area (Å²) in [6, 6.07) is 5.12. The van der Waals surface area contributed by atoms with E-state index >= 15 is 0 Å². The van der Waals surface area contributed by atoms with Crippen LogP contribution in [0.3, 0.4) is 0 Å². The monoisotopic (exact) mass is 271 g/mol. The molecular weight excluding hydrogens is 254 g/mol. The molecule has 0 bridgehead atoms. The third-order valence-electron chi connectivity index (χ3n) is 3.65. The zero-order valence-corrected chi connectivity index (χ0v) is 11.4. The van der Waals surface area contributed by atoms with Crippen LogP contribution in [0, 0.1) is 0 Å². The number of nitrogen functional groups attached to an aromatic ring is 1. The van der Waals surface area contributed by atoms with Crippen LogP contribution in [0.15, 0.2) is 18.2 Å². The van der Waals surface area contributed by atoms with E-state index < -0.39 is 0 Å². The smallest absolute Gasteiger partial charge is 0.161 e. The van der Waals surface area contributed by atoms with Gasteiger partial charge >= 0.3 is 0 Å². The fourth-order valence-electron chi connectivity index (χ4n) is 2.58. The van der Waals surface area contributed by atoms with Gasteiger partial charge < -0.3 is 15.6 Å². The van der Waals surface area contributed by atoms with Gasteiger partial charge in [-0.25, -0.2) is 9.97 Å². The molecule has 5 heteroatoms. The van der Waals surface area contributed by atoms with Crippen LogP contribution >= 0.6 is 0 Å². The van der Waals surface area contributed by atoms with Crippen molar-refractivity contribution in [1.82, 2.24) is 9.97 Å². The zero-order chi connectivity index (χ0) is 14.1. The molecule has 2 aromatic rings. The quantitative estimate of drug-likeness (QED) is 0.876. The lowest BCUT2D eigenvalue weighted by Crippen LogP contribution is -2.11. The molecule has 5 nitrogen and oxygen atoms in total. The average molecular weight is 271 g/mol. The number of methoxy groups -OCH3 is 1. The van der Waals surface area contributed by atoms with E-state index in [2.05, 4.69) is 9.97 Å². The molecule has 0 saturated carbocycles. The van der Waals surface area contributed by atoms with E-state index in [0.717, 1.165) is 42.5 Å². The Bertz CT molecular complexity index is 656. The second kappa shape index (κ2) is 5.00. The van der Waals surface area contributed by atoms with Crippen molar-refractivity contribution in [3.8, 4) is 22.9 Å². The minimum Gasteiger partial charge on any atom is -0.504 e. The minimum absolute atomic E-state index is 0.0740. The highest BCUT2D eigenvalue weighted by molar-refractivity contribution is 5.63. The van der Waals surface area contributed by atoms with Gasteiger partial charge in [0.15, 0.2) is 17.3 Å². The summed E-state index contributed by atoms with van der Waals surface area (Å²) in [4.78, 5) is 8.97. The summed E-state index contributed by atoms with van der Waals surface area (Å²) >= 11 is 0. The molecule has 3 rings (SSSR count). The lowest BCUT2D eigenvalue weighted by molar-refractivity contribution is 0.373. The molecule has 0 spiro atoms. The van der Waals surface area contributed by atoms with Gasteiger partial charge in [-0.15, -0.1) is 0 Å². The summed E-state index contributed by atoms with van der Waals surface area (Å²) in [5, 5.41) is 9.85. The number of phenolic OH excluding ortho intramolecular Hbond substituents is 1. The van der Waals surface area contributed by atoms with E-state index in [-0.39, 0.29) is 5.75 Å². The number of aromatic hydroxyl groups is 1. The highest BCUT2D eigenvalue weighted by atomic mass is 16.5. The van der Waals surface area contributed by atoms with Crippen LogP contribution in [0.1, 0.15) is 24.1 Å². The summed E-state index contributed by atoms with van der Waals surface area (Å²) < 4.78 is 5.03. The number of hydrogen-bond acceptors (Lipinski definition) is 5. The van der Waals surface area contributed by atoms with Crippen LogP contribution in [-0.4, -0.2) is 22.2 Å². The molecule has 0 atom stereocenters. The number of nitrogens with zero attached hydrogens (tertiary/aromatic N) is 2. The maximum absolute atomic E-state index is 9.85. The lowest BCUT2D eigenvalue weighted by Gasteiger charge is -2.17. The standard InChI is InChI=1S/C15H17N3O2/c1-20-13-7-6-9(8-12(13)19)15-17-11-5-3-2-4-10(11)14(16)18-15/h6-8,19H,2-5H2,1H3,(H2,16,17,18). The van der Waals surface area contributed by atoms with Gasteiger partial charge in [-0.2, -0.15) is 0 Å². The SMILES string of the molecule is COc1ccc(-c2nc(N)c3c(n2)CCCC3)cc1O. The van der Waals surface area contributed by atoms with Crippen molar-refractivity contribution < 1.29 is 9.84 Å². The molecule has 1 aliphatic carbocycles. The predicted octanol–water partition coefficient (Wildman–Crippen LogP) is 2.32. The number of anilines is 1. The highest BCUT2D eigenvalue weighted by Crippen LogP contribution is 2.32. The Balaban J connectivity index is 2.06. The first-order valence-electron chi connectivity index (χ1n) is 6.71. The molecular formula is C15H17N3O2. The van der Waals surface area contributed by atoms with E-state index in [0.29, 0.717) is 17.4 Å². The summed E-state index contributed by atoms with van der Waals surface area (Å²) in [6.45, 7) is 0. The van der Waals surface area contributed by atoms with Crippen LogP contribution in [0.25, 0.3) is 11.4 Å². The van der Waals surface area contributed by atoms with Gasteiger partial charge in [0.05, 0.1) is 7.11 Å². The van der Waals surface area contributed by atoms with Crippen LogP contribution in [0.2, 0.25) is 0 Å². The molecule has 0 saturated heterocycles. The molecule has 3 N–H and O–H groups in total. The summed E-state index contributed by atoms with van der Waals surface area (Å²) in [5.74, 6) is 1.62. The molecule has 20 heavy (non-hydrogen) atoms. The van der Waals surface area contributed by atoms with E-state index in [1.165, 1.54) is 7.11 Å². The number of aryl methyl sites for hydroxylation is 1. The molecule has 0 amide bonds. The number of ether oxygens (including phenoxy) is 1. The molecule has 1 aromatic heterocycles. The topological polar surface area (TPSA) is 81.3 Å². The van der Waals surface area contributed by atoms with E-state index in [9.17, 15) is 5.11 Å². The van der Waals surface area contributed by atoms with Crippen molar-refractivity contribution >= 4 is 5.82 Å². The summed E-state index contributed by atoms with van der Waals surface area (Å²) in [7, 11) is 1.52. The third-order valence-corrected chi connectivity index (χ3v) is 3.65. The lowest BCUT2D eigenvalue weighted by atomic mass is 9.96. The van der Waals surface area contributed by atoms with Crippen molar-refractivity contribution in [2.24, 2.45) is 0 Å². The van der Waals surface area contributed by atoms with Crippen molar-refractivity contribution in [2.45, 2.75) is 25.7 Å². The number of hydrogen-bond donors (Lipinski definition) is 2. The molecule has 0 unspecified atom stereocenters. The van der Waals surface area contributed by atoms with Gasteiger partial charge in [0.2, 0.25) is 0 Å². The molecule has 104 valence electrons. The molecule has 0 aliphatic heterocycles. The number of phenols is 1. The van der Waals surface area contributed by atoms with Crippen LogP contribution in [-0.2, 0) is 12.8 Å². The van der Waals surface area contributed by atoms with Crippen molar-refractivity contribution in [3.63, 3.8) is 0 Å².